The van der Waals surface area contributed by atoms with Gasteiger partial charge in [0.05, 0.1) is 24.1 Å². The zero-order valence-corrected chi connectivity index (χ0v) is 20.4. The minimum absolute atomic E-state index is 0.297. The van der Waals surface area contributed by atoms with Crippen LogP contribution in [-0.4, -0.2) is 23.9 Å². The maximum atomic E-state index is 13.5. The predicted molar refractivity (Wildman–Crippen MR) is 140 cm³/mol. The van der Waals surface area contributed by atoms with Crippen molar-refractivity contribution in [3.05, 3.63) is 133 Å². The number of ether oxygens (including phenoxy) is 1. The largest absolute Gasteiger partial charge is 0.457 e. The number of rotatable bonds is 7. The van der Waals surface area contributed by atoms with Crippen molar-refractivity contribution in [3.8, 4) is 22.9 Å². The molecule has 0 aliphatic carbocycles. The average Bonchev–Trinajstić information content (AvgIpc) is 3.33. The molecule has 0 fully saturated rings. The summed E-state index contributed by atoms with van der Waals surface area (Å²) >= 11 is 0. The number of aromatic nitrogens is 5. The lowest BCUT2D eigenvalue weighted by molar-refractivity contribution is 0.472. The molecule has 9 nitrogen and oxygen atoms in total. The van der Waals surface area contributed by atoms with E-state index in [9.17, 15) is 14.4 Å². The lowest BCUT2D eigenvalue weighted by Gasteiger charge is -2.15. The molecule has 5 aromatic rings. The second-order valence-electron chi connectivity index (χ2n) is 8.63. The van der Waals surface area contributed by atoms with Gasteiger partial charge in [0.1, 0.15) is 11.5 Å². The average molecular weight is 496 g/mol. The summed E-state index contributed by atoms with van der Waals surface area (Å²) in [6, 6.07) is 21.3. The Morgan fingerprint density at radius 1 is 0.865 bits per heavy atom. The van der Waals surface area contributed by atoms with Crippen LogP contribution >= 0.6 is 0 Å². The van der Waals surface area contributed by atoms with E-state index in [2.05, 4.69) is 10.1 Å². The summed E-state index contributed by atoms with van der Waals surface area (Å²) in [4.78, 5) is 41.2. The molecular formula is C28H25N5O4. The number of benzene rings is 3. The Labute approximate surface area is 211 Å². The van der Waals surface area contributed by atoms with E-state index in [1.165, 1.54) is 0 Å². The lowest BCUT2D eigenvalue weighted by atomic mass is 10.1. The van der Waals surface area contributed by atoms with Gasteiger partial charge in [-0.3, -0.25) is 9.67 Å². The number of hydrogen-bond acceptors (Lipinski definition) is 5. The first-order chi connectivity index (χ1) is 17.9. The van der Waals surface area contributed by atoms with Gasteiger partial charge in [-0.1, -0.05) is 37.3 Å². The molecule has 0 aliphatic heterocycles. The van der Waals surface area contributed by atoms with Crippen LogP contribution in [0.3, 0.4) is 0 Å². The van der Waals surface area contributed by atoms with Gasteiger partial charge >= 0.3 is 17.1 Å². The molecule has 0 unspecified atom stereocenters. The van der Waals surface area contributed by atoms with Crippen LogP contribution in [0.2, 0.25) is 0 Å². The molecule has 186 valence electrons. The van der Waals surface area contributed by atoms with E-state index in [-0.39, 0.29) is 0 Å². The van der Waals surface area contributed by atoms with Crippen molar-refractivity contribution < 1.29 is 4.74 Å². The fraction of sp³-hybridized carbons (Fsp3) is 0.143. The van der Waals surface area contributed by atoms with Gasteiger partial charge in [0.15, 0.2) is 0 Å². The first-order valence-corrected chi connectivity index (χ1v) is 11.9. The standard InChI is InChI=1S/C28H25N5O4/c1-3-20-16-29-31(17-20)18-21-15-23(12-13-25(21)37-24-10-5-4-6-11-24)33-27(35)30-26(34)32(28(33)36)22-9-7-8-19(2)14-22/h4-17H,3,18H2,1-2H3,(H,30,34,35). The molecule has 0 bridgehead atoms. The highest BCUT2D eigenvalue weighted by atomic mass is 16.5. The molecule has 0 atom stereocenters. The quantitative estimate of drug-likeness (QED) is 0.372. The molecule has 0 aliphatic rings. The first kappa shape index (κ1) is 23.8. The van der Waals surface area contributed by atoms with E-state index < -0.39 is 17.1 Å². The van der Waals surface area contributed by atoms with E-state index in [4.69, 9.17) is 4.74 Å². The third-order valence-corrected chi connectivity index (χ3v) is 5.96. The van der Waals surface area contributed by atoms with Crippen LogP contribution in [0.1, 0.15) is 23.6 Å². The topological polar surface area (TPSA) is 104 Å². The summed E-state index contributed by atoms with van der Waals surface area (Å²) in [5, 5.41) is 4.42. The van der Waals surface area contributed by atoms with Gasteiger partial charge in [0.2, 0.25) is 0 Å². The SMILES string of the molecule is CCc1cnn(Cc2cc(-n3c(=O)[nH]c(=O)n(-c4cccc(C)c4)c3=O)ccc2Oc2ccccc2)c1. The summed E-state index contributed by atoms with van der Waals surface area (Å²) < 4.78 is 9.79. The summed E-state index contributed by atoms with van der Waals surface area (Å²) in [6.07, 6.45) is 4.59. The first-order valence-electron chi connectivity index (χ1n) is 11.9. The van der Waals surface area contributed by atoms with E-state index in [0.717, 1.165) is 26.7 Å². The van der Waals surface area contributed by atoms with Crippen molar-refractivity contribution >= 4 is 0 Å². The van der Waals surface area contributed by atoms with E-state index in [1.807, 2.05) is 56.4 Å². The molecule has 0 amide bonds. The summed E-state index contributed by atoms with van der Waals surface area (Å²) in [5.74, 6) is 1.20. The van der Waals surface area contributed by atoms with Crippen LogP contribution in [0.5, 0.6) is 11.5 Å². The van der Waals surface area contributed by atoms with Crippen molar-refractivity contribution in [2.24, 2.45) is 0 Å². The van der Waals surface area contributed by atoms with Gasteiger partial charge in [-0.2, -0.15) is 5.10 Å². The van der Waals surface area contributed by atoms with Crippen molar-refractivity contribution in [3.63, 3.8) is 0 Å². The van der Waals surface area contributed by atoms with Crippen LogP contribution in [0.4, 0.5) is 0 Å². The molecule has 9 heteroatoms. The third kappa shape index (κ3) is 4.92. The monoisotopic (exact) mass is 495 g/mol. The molecule has 1 N–H and O–H groups in total. The van der Waals surface area contributed by atoms with Gasteiger partial charge in [-0.05, 0) is 66.9 Å². The van der Waals surface area contributed by atoms with Crippen LogP contribution in [0, 0.1) is 6.92 Å². The van der Waals surface area contributed by atoms with Crippen molar-refractivity contribution in [1.82, 2.24) is 23.9 Å². The molecule has 0 saturated heterocycles. The number of H-pyrrole nitrogens is 1. The predicted octanol–water partition coefficient (Wildman–Crippen LogP) is 3.58. The maximum absolute atomic E-state index is 13.5. The molecule has 2 heterocycles. The maximum Gasteiger partial charge on any atom is 0.345 e. The number of para-hydroxylation sites is 1. The zero-order valence-electron chi connectivity index (χ0n) is 20.4. The molecule has 5 rings (SSSR count). The molecule has 2 aromatic heterocycles. The molecule has 0 spiro atoms. The fourth-order valence-corrected chi connectivity index (χ4v) is 4.09. The van der Waals surface area contributed by atoms with Crippen molar-refractivity contribution in [2.75, 3.05) is 0 Å². The minimum Gasteiger partial charge on any atom is -0.457 e. The Morgan fingerprint density at radius 3 is 2.27 bits per heavy atom. The van der Waals surface area contributed by atoms with E-state index in [1.54, 1.807) is 47.3 Å². The molecule has 37 heavy (non-hydrogen) atoms. The lowest BCUT2D eigenvalue weighted by Crippen LogP contribution is -2.48. The van der Waals surface area contributed by atoms with Gasteiger partial charge in [0, 0.05) is 11.8 Å². The Hall–Kier alpha value is -4.92. The smallest absolute Gasteiger partial charge is 0.345 e. The van der Waals surface area contributed by atoms with Crippen LogP contribution < -0.4 is 21.8 Å². The molecule has 0 radical (unpaired) electrons. The zero-order chi connectivity index (χ0) is 25.9. The number of nitrogens with one attached hydrogen (secondary N) is 1. The minimum atomic E-state index is -0.825. The van der Waals surface area contributed by atoms with Gasteiger partial charge in [-0.25, -0.2) is 23.5 Å². The van der Waals surface area contributed by atoms with Crippen LogP contribution in [0.25, 0.3) is 11.4 Å². The highest BCUT2D eigenvalue weighted by molar-refractivity contribution is 5.46. The number of aromatic amines is 1. The van der Waals surface area contributed by atoms with Gasteiger partial charge in [0.25, 0.3) is 0 Å². The molecule has 0 saturated carbocycles. The number of nitrogens with zero attached hydrogens (tertiary/aromatic N) is 4. The van der Waals surface area contributed by atoms with Gasteiger partial charge in [-0.15, -0.1) is 0 Å². The summed E-state index contributed by atoms with van der Waals surface area (Å²) in [7, 11) is 0. The Bertz CT molecular complexity index is 1750. The van der Waals surface area contributed by atoms with Crippen molar-refractivity contribution in [2.45, 2.75) is 26.8 Å². The van der Waals surface area contributed by atoms with E-state index >= 15 is 0 Å². The van der Waals surface area contributed by atoms with Crippen LogP contribution in [-0.2, 0) is 13.0 Å². The van der Waals surface area contributed by atoms with E-state index in [0.29, 0.717) is 35.0 Å². The molecule has 3 aromatic carbocycles. The second kappa shape index (κ2) is 9.98. The van der Waals surface area contributed by atoms with Crippen molar-refractivity contribution in [1.29, 1.82) is 0 Å². The summed E-state index contributed by atoms with van der Waals surface area (Å²) in [5.41, 5.74) is 0.926. The Balaban J connectivity index is 1.65. The fourth-order valence-electron chi connectivity index (χ4n) is 4.09. The number of hydrogen-bond donors (Lipinski definition) is 1. The Kier molecular flexibility index (Phi) is 6.42. The third-order valence-electron chi connectivity index (χ3n) is 5.96. The highest BCUT2D eigenvalue weighted by Crippen LogP contribution is 2.28. The second-order valence-corrected chi connectivity index (χ2v) is 8.63. The molecular weight excluding hydrogens is 470 g/mol. The van der Waals surface area contributed by atoms with Crippen LogP contribution in [0.15, 0.2) is 99.6 Å². The normalized spacial score (nSPS) is 11.0. The highest BCUT2D eigenvalue weighted by Gasteiger charge is 2.16. The number of aryl methyl sites for hydroxylation is 2. The Morgan fingerprint density at radius 2 is 1.59 bits per heavy atom. The van der Waals surface area contributed by atoms with Gasteiger partial charge < -0.3 is 4.74 Å². The summed E-state index contributed by atoms with van der Waals surface area (Å²) in [6.45, 7) is 4.25.